The van der Waals surface area contributed by atoms with Crippen LogP contribution in [0, 0.1) is 11.7 Å². The molecule has 27 heavy (non-hydrogen) atoms. The third kappa shape index (κ3) is 3.56. The van der Waals surface area contributed by atoms with Gasteiger partial charge in [0.1, 0.15) is 11.6 Å². The molecular weight excluding hydrogens is 349 g/mol. The minimum Gasteiger partial charge on any atom is -0.508 e. The Morgan fingerprint density at radius 2 is 1.85 bits per heavy atom. The fourth-order valence-electron chi connectivity index (χ4n) is 3.27. The summed E-state index contributed by atoms with van der Waals surface area (Å²) in [5.41, 5.74) is 0.625. The number of Topliss-reactive ketones (excluding diaryl/α,β-unsaturated/α-hetero) is 1. The van der Waals surface area contributed by atoms with Gasteiger partial charge in [-0.25, -0.2) is 4.39 Å². The van der Waals surface area contributed by atoms with Gasteiger partial charge in [-0.2, -0.15) is 0 Å². The van der Waals surface area contributed by atoms with E-state index in [-0.39, 0.29) is 35.1 Å². The van der Waals surface area contributed by atoms with Gasteiger partial charge in [0.15, 0.2) is 11.5 Å². The van der Waals surface area contributed by atoms with Gasteiger partial charge in [-0.1, -0.05) is 32.0 Å². The first-order valence-corrected chi connectivity index (χ1v) is 8.64. The van der Waals surface area contributed by atoms with Crippen molar-refractivity contribution in [3.05, 3.63) is 71.2 Å². The van der Waals surface area contributed by atoms with Crippen molar-refractivity contribution in [3.8, 4) is 5.75 Å². The SMILES string of the molecule is CC(C)CC(=O)C1=C(O)C(=O)N(c2cccc(F)c2)C1c1cccc(O)c1. The van der Waals surface area contributed by atoms with Crippen LogP contribution in [0.25, 0.3) is 0 Å². The van der Waals surface area contributed by atoms with Crippen LogP contribution in [-0.4, -0.2) is 21.9 Å². The molecule has 1 heterocycles. The summed E-state index contributed by atoms with van der Waals surface area (Å²) in [7, 11) is 0. The standard InChI is InChI=1S/C21H20FNO4/c1-12(2)9-17(25)18-19(13-5-3-8-16(24)10-13)23(21(27)20(18)26)15-7-4-6-14(22)11-15/h3-8,10-12,19,24,26H,9H2,1-2H3. The number of amides is 1. The van der Waals surface area contributed by atoms with Gasteiger partial charge in [0.2, 0.25) is 0 Å². The van der Waals surface area contributed by atoms with Gasteiger partial charge < -0.3 is 10.2 Å². The molecule has 0 aromatic heterocycles. The molecule has 0 fully saturated rings. The van der Waals surface area contributed by atoms with Gasteiger partial charge in [-0.15, -0.1) is 0 Å². The highest BCUT2D eigenvalue weighted by Gasteiger charge is 2.44. The molecule has 1 aliphatic heterocycles. The molecule has 2 N–H and O–H groups in total. The van der Waals surface area contributed by atoms with Crippen LogP contribution in [-0.2, 0) is 9.59 Å². The first-order chi connectivity index (χ1) is 12.8. The lowest BCUT2D eigenvalue weighted by molar-refractivity contribution is -0.118. The average molecular weight is 369 g/mol. The quantitative estimate of drug-likeness (QED) is 0.834. The largest absolute Gasteiger partial charge is 0.508 e. The first kappa shape index (κ1) is 18.6. The Kier molecular flexibility index (Phi) is 4.99. The van der Waals surface area contributed by atoms with E-state index in [1.807, 2.05) is 13.8 Å². The highest BCUT2D eigenvalue weighted by Crippen LogP contribution is 2.42. The molecule has 1 amide bonds. The van der Waals surface area contributed by atoms with Crippen LogP contribution in [0.1, 0.15) is 31.9 Å². The minimum atomic E-state index is -0.947. The zero-order valence-electron chi connectivity index (χ0n) is 15.0. The summed E-state index contributed by atoms with van der Waals surface area (Å²) in [5.74, 6) is -2.33. The predicted molar refractivity (Wildman–Crippen MR) is 98.9 cm³/mol. The summed E-state index contributed by atoms with van der Waals surface area (Å²) >= 11 is 0. The summed E-state index contributed by atoms with van der Waals surface area (Å²) in [6, 6.07) is 10.5. The molecule has 0 spiro atoms. The Hall–Kier alpha value is -3.15. The maximum absolute atomic E-state index is 13.7. The molecule has 3 rings (SSSR count). The third-order valence-electron chi connectivity index (χ3n) is 4.37. The summed E-state index contributed by atoms with van der Waals surface area (Å²) < 4.78 is 13.7. The zero-order valence-corrected chi connectivity index (χ0v) is 15.0. The number of carbonyl (C=O) groups is 2. The molecule has 0 aliphatic carbocycles. The Balaban J connectivity index is 2.17. The summed E-state index contributed by atoms with van der Waals surface area (Å²) in [6.07, 6.45) is 0.152. The topological polar surface area (TPSA) is 77.8 Å². The zero-order chi connectivity index (χ0) is 19.7. The van der Waals surface area contributed by atoms with Crippen LogP contribution < -0.4 is 4.90 Å². The van der Waals surface area contributed by atoms with E-state index in [0.29, 0.717) is 5.56 Å². The summed E-state index contributed by atoms with van der Waals surface area (Å²) in [4.78, 5) is 26.7. The Morgan fingerprint density at radius 3 is 2.48 bits per heavy atom. The van der Waals surface area contributed by atoms with Crippen LogP contribution in [0.4, 0.5) is 10.1 Å². The highest BCUT2D eigenvalue weighted by molar-refractivity contribution is 6.16. The van der Waals surface area contributed by atoms with Gasteiger partial charge in [-0.3, -0.25) is 14.5 Å². The van der Waals surface area contributed by atoms with Crippen molar-refractivity contribution < 1.29 is 24.2 Å². The molecule has 1 aliphatic rings. The molecule has 6 heteroatoms. The van der Waals surface area contributed by atoms with Crippen LogP contribution in [0.2, 0.25) is 0 Å². The van der Waals surface area contributed by atoms with E-state index in [2.05, 4.69) is 0 Å². The highest BCUT2D eigenvalue weighted by atomic mass is 19.1. The molecule has 2 aromatic carbocycles. The van der Waals surface area contributed by atoms with Crippen molar-refractivity contribution in [2.24, 2.45) is 5.92 Å². The number of hydrogen-bond donors (Lipinski definition) is 2. The van der Waals surface area contributed by atoms with Gasteiger partial charge >= 0.3 is 0 Å². The third-order valence-corrected chi connectivity index (χ3v) is 4.37. The summed E-state index contributed by atoms with van der Waals surface area (Å²) in [5, 5.41) is 20.3. The number of hydrogen-bond acceptors (Lipinski definition) is 4. The Morgan fingerprint density at radius 1 is 1.15 bits per heavy atom. The number of benzene rings is 2. The second-order valence-corrected chi connectivity index (χ2v) is 6.94. The molecule has 0 saturated carbocycles. The van der Waals surface area contributed by atoms with Crippen molar-refractivity contribution in [1.82, 2.24) is 0 Å². The van der Waals surface area contributed by atoms with Gasteiger partial charge in [0, 0.05) is 12.1 Å². The van der Waals surface area contributed by atoms with Crippen molar-refractivity contribution in [1.29, 1.82) is 0 Å². The number of rotatable bonds is 5. The number of carbonyl (C=O) groups excluding carboxylic acids is 2. The number of ketones is 1. The lowest BCUT2D eigenvalue weighted by Gasteiger charge is -2.27. The number of nitrogens with zero attached hydrogens (tertiary/aromatic N) is 1. The van der Waals surface area contributed by atoms with Crippen LogP contribution in [0.3, 0.4) is 0 Å². The Labute approximate surface area is 156 Å². The van der Waals surface area contributed by atoms with Gasteiger partial charge in [0.05, 0.1) is 11.6 Å². The Bertz CT molecular complexity index is 935. The van der Waals surface area contributed by atoms with E-state index in [1.54, 1.807) is 12.1 Å². The van der Waals surface area contributed by atoms with Gasteiger partial charge in [0.25, 0.3) is 5.91 Å². The first-order valence-electron chi connectivity index (χ1n) is 8.64. The normalized spacial score (nSPS) is 17.1. The van der Waals surface area contributed by atoms with E-state index in [1.165, 1.54) is 35.2 Å². The second-order valence-electron chi connectivity index (χ2n) is 6.94. The minimum absolute atomic E-state index is 0.0287. The van der Waals surface area contributed by atoms with Crippen LogP contribution >= 0.6 is 0 Å². The van der Waals surface area contributed by atoms with Crippen LogP contribution in [0.15, 0.2) is 59.9 Å². The molecule has 1 atom stereocenters. The fraction of sp³-hybridized carbons (Fsp3) is 0.238. The number of phenolic OH excluding ortho intramolecular Hbond substituents is 1. The van der Waals surface area contributed by atoms with E-state index >= 15 is 0 Å². The lowest BCUT2D eigenvalue weighted by Crippen LogP contribution is -2.31. The van der Waals surface area contributed by atoms with E-state index in [0.717, 1.165) is 6.07 Å². The average Bonchev–Trinajstić information content (AvgIpc) is 2.86. The van der Waals surface area contributed by atoms with E-state index in [9.17, 15) is 24.2 Å². The van der Waals surface area contributed by atoms with Gasteiger partial charge in [-0.05, 0) is 41.8 Å². The molecule has 140 valence electrons. The maximum Gasteiger partial charge on any atom is 0.294 e. The van der Waals surface area contributed by atoms with Crippen molar-refractivity contribution in [3.63, 3.8) is 0 Å². The molecule has 0 radical (unpaired) electrons. The van der Waals surface area contributed by atoms with E-state index in [4.69, 9.17) is 0 Å². The molecule has 2 aromatic rings. The van der Waals surface area contributed by atoms with Crippen molar-refractivity contribution >= 4 is 17.4 Å². The fourth-order valence-corrected chi connectivity index (χ4v) is 3.27. The monoisotopic (exact) mass is 369 g/mol. The maximum atomic E-state index is 13.7. The van der Waals surface area contributed by atoms with Crippen molar-refractivity contribution in [2.75, 3.05) is 4.90 Å². The number of phenols is 1. The molecular formula is C21H20FNO4. The summed E-state index contributed by atoms with van der Waals surface area (Å²) in [6.45, 7) is 3.72. The van der Waals surface area contributed by atoms with E-state index < -0.39 is 23.5 Å². The number of halogens is 1. The predicted octanol–water partition coefficient (Wildman–Crippen LogP) is 4.05. The van der Waals surface area contributed by atoms with Crippen molar-refractivity contribution in [2.45, 2.75) is 26.3 Å². The number of anilines is 1. The number of aromatic hydroxyl groups is 1. The molecule has 0 saturated heterocycles. The smallest absolute Gasteiger partial charge is 0.294 e. The second kappa shape index (κ2) is 7.23. The molecule has 5 nitrogen and oxygen atoms in total. The molecule has 1 unspecified atom stereocenters. The van der Waals surface area contributed by atoms with Crippen LogP contribution in [0.5, 0.6) is 5.75 Å². The lowest BCUT2D eigenvalue weighted by atomic mass is 9.92. The number of aliphatic hydroxyl groups is 1. The number of aliphatic hydroxyl groups excluding tert-OH is 1. The molecule has 0 bridgehead atoms.